The number of nitrogens with zero attached hydrogens (tertiary/aromatic N) is 3. The molecule has 22 heavy (non-hydrogen) atoms. The quantitative estimate of drug-likeness (QED) is 0.804. The number of nitrogens with one attached hydrogen (secondary N) is 1. The fourth-order valence-corrected chi connectivity index (χ4v) is 2.64. The predicted octanol–water partition coefficient (Wildman–Crippen LogP) is 2.84. The molecule has 5 nitrogen and oxygen atoms in total. The highest BCUT2D eigenvalue weighted by Crippen LogP contribution is 2.22. The summed E-state index contributed by atoms with van der Waals surface area (Å²) in [6.45, 7) is 2.42. The molecule has 2 aromatic heterocycles. The Balaban J connectivity index is 1.65. The molecule has 110 valence electrons. The van der Waals surface area contributed by atoms with E-state index in [1.54, 1.807) is 18.5 Å². The van der Waals surface area contributed by atoms with Crippen LogP contribution >= 0.6 is 11.3 Å². The van der Waals surface area contributed by atoms with E-state index < -0.39 is 0 Å². The van der Waals surface area contributed by atoms with Gasteiger partial charge in [-0.3, -0.25) is 4.79 Å². The predicted molar refractivity (Wildman–Crippen MR) is 85.5 cm³/mol. The first-order valence-electron chi connectivity index (χ1n) is 6.79. The normalized spacial score (nSPS) is 10.4. The number of thiazole rings is 1. The zero-order valence-corrected chi connectivity index (χ0v) is 12.8. The van der Waals surface area contributed by atoms with E-state index in [2.05, 4.69) is 39.3 Å². The zero-order valence-electron chi connectivity index (χ0n) is 12.0. The summed E-state index contributed by atoms with van der Waals surface area (Å²) in [6.07, 6.45) is 3.08. The van der Waals surface area contributed by atoms with Gasteiger partial charge in [0.05, 0.1) is 12.2 Å². The van der Waals surface area contributed by atoms with Crippen molar-refractivity contribution in [3.05, 3.63) is 64.5 Å². The highest BCUT2D eigenvalue weighted by molar-refractivity contribution is 7.09. The lowest BCUT2D eigenvalue weighted by Gasteiger charge is -2.01. The summed E-state index contributed by atoms with van der Waals surface area (Å²) in [6, 6.07) is 9.88. The molecule has 1 N–H and O–H groups in total. The van der Waals surface area contributed by atoms with Gasteiger partial charge >= 0.3 is 0 Å². The van der Waals surface area contributed by atoms with Crippen molar-refractivity contribution in [1.82, 2.24) is 20.3 Å². The van der Waals surface area contributed by atoms with E-state index in [1.807, 2.05) is 17.5 Å². The first-order chi connectivity index (χ1) is 10.7. The van der Waals surface area contributed by atoms with Crippen LogP contribution < -0.4 is 5.32 Å². The van der Waals surface area contributed by atoms with E-state index in [9.17, 15) is 4.79 Å². The number of amides is 1. The fourth-order valence-electron chi connectivity index (χ4n) is 1.90. The van der Waals surface area contributed by atoms with Gasteiger partial charge in [-0.15, -0.1) is 11.3 Å². The second-order valence-corrected chi connectivity index (χ2v) is 5.69. The Morgan fingerprint density at radius 2 is 1.91 bits per heavy atom. The van der Waals surface area contributed by atoms with E-state index in [4.69, 9.17) is 0 Å². The lowest BCUT2D eigenvalue weighted by molar-refractivity contribution is 0.0940. The van der Waals surface area contributed by atoms with Crippen molar-refractivity contribution < 1.29 is 4.79 Å². The lowest BCUT2D eigenvalue weighted by atomic mass is 10.1. The van der Waals surface area contributed by atoms with Crippen LogP contribution in [0.1, 0.15) is 21.2 Å². The third-order valence-electron chi connectivity index (χ3n) is 3.07. The number of rotatable bonds is 4. The number of carbonyl (C=O) groups is 1. The Hall–Kier alpha value is -2.60. The number of aromatic nitrogens is 3. The molecule has 0 saturated carbocycles. The van der Waals surface area contributed by atoms with Gasteiger partial charge in [0.1, 0.15) is 5.01 Å². The van der Waals surface area contributed by atoms with Crippen LogP contribution in [0.4, 0.5) is 0 Å². The van der Waals surface area contributed by atoms with Gasteiger partial charge in [0.25, 0.3) is 5.91 Å². The van der Waals surface area contributed by atoms with Gasteiger partial charge in [0.15, 0.2) is 0 Å². The highest BCUT2D eigenvalue weighted by Gasteiger charge is 2.09. The molecule has 3 aromatic rings. The van der Waals surface area contributed by atoms with Crippen LogP contribution in [0.2, 0.25) is 0 Å². The molecule has 0 aliphatic rings. The van der Waals surface area contributed by atoms with Crippen LogP contribution in [0.5, 0.6) is 0 Å². The third kappa shape index (κ3) is 3.35. The average Bonchev–Trinajstić information content (AvgIpc) is 3.03. The number of hydrogen-bond donors (Lipinski definition) is 1. The van der Waals surface area contributed by atoms with Gasteiger partial charge < -0.3 is 5.32 Å². The van der Waals surface area contributed by atoms with Crippen LogP contribution in [0.15, 0.2) is 48.1 Å². The van der Waals surface area contributed by atoms with Gasteiger partial charge in [0, 0.05) is 23.3 Å². The molecule has 0 spiro atoms. The van der Waals surface area contributed by atoms with Crippen molar-refractivity contribution >= 4 is 17.2 Å². The molecule has 1 aromatic carbocycles. The van der Waals surface area contributed by atoms with Crippen LogP contribution in [0.25, 0.3) is 11.3 Å². The van der Waals surface area contributed by atoms with Crippen molar-refractivity contribution in [3.8, 4) is 11.3 Å². The van der Waals surface area contributed by atoms with Crippen molar-refractivity contribution in [1.29, 1.82) is 0 Å². The van der Waals surface area contributed by atoms with Crippen LogP contribution in [0, 0.1) is 6.92 Å². The maximum Gasteiger partial charge on any atom is 0.289 e. The molecular weight excluding hydrogens is 296 g/mol. The number of carbonyl (C=O) groups excluding carboxylic acids is 1. The summed E-state index contributed by atoms with van der Waals surface area (Å²) in [5.74, 6) is -0.134. The first kappa shape index (κ1) is 14.3. The summed E-state index contributed by atoms with van der Waals surface area (Å²) < 4.78 is 0. The van der Waals surface area contributed by atoms with E-state index in [0.717, 1.165) is 16.3 Å². The Morgan fingerprint density at radius 3 is 2.64 bits per heavy atom. The van der Waals surface area contributed by atoms with Gasteiger partial charge in [-0.2, -0.15) is 0 Å². The molecule has 0 atom stereocenters. The maximum atomic E-state index is 11.9. The minimum Gasteiger partial charge on any atom is -0.343 e. The Kier molecular flexibility index (Phi) is 4.20. The first-order valence-corrected chi connectivity index (χ1v) is 7.67. The maximum absolute atomic E-state index is 11.9. The van der Waals surface area contributed by atoms with E-state index in [1.165, 1.54) is 16.9 Å². The van der Waals surface area contributed by atoms with E-state index >= 15 is 0 Å². The van der Waals surface area contributed by atoms with Crippen molar-refractivity contribution in [2.45, 2.75) is 13.5 Å². The molecule has 0 saturated heterocycles. The summed E-state index contributed by atoms with van der Waals surface area (Å²) in [5, 5.41) is 5.61. The molecule has 6 heteroatoms. The van der Waals surface area contributed by atoms with Gasteiger partial charge in [-0.25, -0.2) is 15.0 Å². The molecule has 0 unspecified atom stereocenters. The minimum atomic E-state index is -0.298. The lowest BCUT2D eigenvalue weighted by Crippen LogP contribution is -2.24. The van der Waals surface area contributed by atoms with Crippen molar-refractivity contribution in [2.24, 2.45) is 0 Å². The molecule has 1 amide bonds. The Labute approximate surface area is 132 Å². The second-order valence-electron chi connectivity index (χ2n) is 4.75. The minimum absolute atomic E-state index is 0.165. The summed E-state index contributed by atoms with van der Waals surface area (Å²) >= 11 is 1.52. The molecule has 0 fully saturated rings. The largest absolute Gasteiger partial charge is 0.343 e. The highest BCUT2D eigenvalue weighted by atomic mass is 32.1. The molecule has 0 aliphatic heterocycles. The standard InChI is InChI=1S/C16H14N4OS/c1-11-3-5-12(6-4-11)13-10-22-14(20-13)9-19-16(21)15-17-7-2-8-18-15/h2-8,10H,9H2,1H3,(H,19,21). The average molecular weight is 310 g/mol. The molecule has 0 radical (unpaired) electrons. The Bertz CT molecular complexity index is 768. The van der Waals surface area contributed by atoms with Gasteiger partial charge in [0.2, 0.25) is 5.82 Å². The number of aryl methyl sites for hydroxylation is 1. The van der Waals surface area contributed by atoms with E-state index in [-0.39, 0.29) is 11.7 Å². The van der Waals surface area contributed by atoms with E-state index in [0.29, 0.717) is 6.54 Å². The topological polar surface area (TPSA) is 67.8 Å². The van der Waals surface area contributed by atoms with Gasteiger partial charge in [-0.1, -0.05) is 29.8 Å². The van der Waals surface area contributed by atoms with Crippen LogP contribution in [-0.4, -0.2) is 20.9 Å². The zero-order chi connectivity index (χ0) is 15.4. The Morgan fingerprint density at radius 1 is 1.18 bits per heavy atom. The van der Waals surface area contributed by atoms with Gasteiger partial charge in [-0.05, 0) is 13.0 Å². The second kappa shape index (κ2) is 6.44. The SMILES string of the molecule is Cc1ccc(-c2csc(CNC(=O)c3ncccn3)n2)cc1. The molecule has 0 aliphatic carbocycles. The summed E-state index contributed by atoms with van der Waals surface area (Å²) in [5.41, 5.74) is 3.21. The monoisotopic (exact) mass is 310 g/mol. The molecular formula is C16H14N4OS. The van der Waals surface area contributed by atoms with Crippen molar-refractivity contribution in [2.75, 3.05) is 0 Å². The van der Waals surface area contributed by atoms with Crippen LogP contribution in [-0.2, 0) is 6.54 Å². The number of benzene rings is 1. The molecule has 2 heterocycles. The summed E-state index contributed by atoms with van der Waals surface area (Å²) in [7, 11) is 0. The van der Waals surface area contributed by atoms with Crippen LogP contribution in [0.3, 0.4) is 0 Å². The smallest absolute Gasteiger partial charge is 0.289 e. The van der Waals surface area contributed by atoms with Crippen molar-refractivity contribution in [3.63, 3.8) is 0 Å². The summed E-state index contributed by atoms with van der Waals surface area (Å²) in [4.78, 5) is 24.2. The fraction of sp³-hybridized carbons (Fsp3) is 0.125. The number of hydrogen-bond acceptors (Lipinski definition) is 5. The molecule has 3 rings (SSSR count). The molecule has 0 bridgehead atoms. The third-order valence-corrected chi connectivity index (χ3v) is 3.92.